The number of rotatable bonds is 7. The van der Waals surface area contributed by atoms with Gasteiger partial charge in [0.05, 0.1) is 0 Å². The molecule has 1 N–H and O–H groups in total. The highest BCUT2D eigenvalue weighted by Gasteiger charge is 2.21. The summed E-state index contributed by atoms with van der Waals surface area (Å²) in [5.74, 6) is 0. The molecular weight excluding hydrogens is 210 g/mol. The second-order valence-electron chi connectivity index (χ2n) is 5.38. The molecule has 1 aliphatic rings. The van der Waals surface area contributed by atoms with Gasteiger partial charge in [0.2, 0.25) is 0 Å². The van der Waals surface area contributed by atoms with E-state index in [4.69, 9.17) is 0 Å². The Labute approximate surface area is 108 Å². The summed E-state index contributed by atoms with van der Waals surface area (Å²) in [4.78, 5) is 5.22. The molecule has 0 aromatic heterocycles. The van der Waals surface area contributed by atoms with E-state index in [1.54, 1.807) is 0 Å². The fourth-order valence-corrected chi connectivity index (χ4v) is 2.82. The largest absolute Gasteiger partial charge is 0.315 e. The molecule has 102 valence electrons. The molecule has 0 radical (unpaired) electrons. The average molecular weight is 241 g/mol. The first-order valence-electron chi connectivity index (χ1n) is 7.37. The summed E-state index contributed by atoms with van der Waals surface area (Å²) in [5, 5.41) is 3.48. The van der Waals surface area contributed by atoms with E-state index in [2.05, 4.69) is 42.8 Å². The van der Waals surface area contributed by atoms with Crippen molar-refractivity contribution in [2.75, 3.05) is 39.3 Å². The number of nitrogens with zero attached hydrogens (tertiary/aromatic N) is 2. The molecule has 0 bridgehead atoms. The maximum atomic E-state index is 3.48. The summed E-state index contributed by atoms with van der Waals surface area (Å²) in [7, 11) is 0. The third-order valence-corrected chi connectivity index (χ3v) is 3.92. The van der Waals surface area contributed by atoms with Crippen LogP contribution in [0.2, 0.25) is 0 Å². The summed E-state index contributed by atoms with van der Waals surface area (Å²) >= 11 is 0. The van der Waals surface area contributed by atoms with E-state index < -0.39 is 0 Å². The average Bonchev–Trinajstić information content (AvgIpc) is 2.29. The number of hydrogen-bond acceptors (Lipinski definition) is 3. The maximum absolute atomic E-state index is 3.48. The molecule has 3 heteroatoms. The van der Waals surface area contributed by atoms with Crippen LogP contribution in [0.25, 0.3) is 0 Å². The lowest BCUT2D eigenvalue weighted by atomic mass is 10.1. The highest BCUT2D eigenvalue weighted by Crippen LogP contribution is 2.10. The molecule has 0 amide bonds. The van der Waals surface area contributed by atoms with Crippen molar-refractivity contribution >= 4 is 0 Å². The van der Waals surface area contributed by atoms with Gasteiger partial charge in [0.15, 0.2) is 0 Å². The smallest absolute Gasteiger partial charge is 0.0195 e. The van der Waals surface area contributed by atoms with E-state index in [9.17, 15) is 0 Å². The standard InChI is InChI=1S/C14H31N3/c1-5-15-13(3)8-7-9-16-10-11-17(6-2)14(4)12-16/h13-15H,5-12H2,1-4H3. The van der Waals surface area contributed by atoms with E-state index in [1.807, 2.05) is 0 Å². The van der Waals surface area contributed by atoms with Crippen molar-refractivity contribution in [1.29, 1.82) is 0 Å². The van der Waals surface area contributed by atoms with E-state index in [1.165, 1.54) is 45.6 Å². The normalized spacial score (nSPS) is 25.1. The van der Waals surface area contributed by atoms with Crippen LogP contribution < -0.4 is 5.32 Å². The minimum Gasteiger partial charge on any atom is -0.315 e. The number of hydrogen-bond donors (Lipinski definition) is 1. The van der Waals surface area contributed by atoms with E-state index in [0.717, 1.165) is 12.6 Å². The molecule has 1 heterocycles. The first-order chi connectivity index (χ1) is 8.17. The lowest BCUT2D eigenvalue weighted by Crippen LogP contribution is -2.51. The Hall–Kier alpha value is -0.120. The molecule has 0 aromatic rings. The van der Waals surface area contributed by atoms with Crippen molar-refractivity contribution in [3.05, 3.63) is 0 Å². The zero-order chi connectivity index (χ0) is 12.7. The van der Waals surface area contributed by atoms with Crippen molar-refractivity contribution in [1.82, 2.24) is 15.1 Å². The number of likely N-dealkylation sites (N-methyl/N-ethyl adjacent to an activating group) is 1. The summed E-state index contributed by atoms with van der Waals surface area (Å²) < 4.78 is 0. The molecule has 0 spiro atoms. The van der Waals surface area contributed by atoms with Gasteiger partial charge in [0.1, 0.15) is 0 Å². The molecule has 2 unspecified atom stereocenters. The van der Waals surface area contributed by atoms with Crippen molar-refractivity contribution in [2.24, 2.45) is 0 Å². The third-order valence-electron chi connectivity index (χ3n) is 3.92. The molecule has 1 rings (SSSR count). The summed E-state index contributed by atoms with van der Waals surface area (Å²) in [5.41, 5.74) is 0. The zero-order valence-corrected chi connectivity index (χ0v) is 12.2. The SMILES string of the molecule is CCNC(C)CCCN1CCN(CC)C(C)C1. The molecule has 0 aromatic carbocycles. The molecular formula is C14H31N3. The fraction of sp³-hybridized carbons (Fsp3) is 1.00. The van der Waals surface area contributed by atoms with E-state index >= 15 is 0 Å². The van der Waals surface area contributed by atoms with Gasteiger partial charge in [-0.2, -0.15) is 0 Å². The first kappa shape index (κ1) is 14.9. The quantitative estimate of drug-likeness (QED) is 0.733. The molecule has 3 nitrogen and oxygen atoms in total. The van der Waals surface area contributed by atoms with Gasteiger partial charge < -0.3 is 10.2 Å². The Balaban J connectivity index is 2.12. The summed E-state index contributed by atoms with van der Waals surface area (Å²) in [6, 6.07) is 1.41. The first-order valence-corrected chi connectivity index (χ1v) is 7.37. The van der Waals surface area contributed by atoms with Gasteiger partial charge in [-0.25, -0.2) is 0 Å². The van der Waals surface area contributed by atoms with Gasteiger partial charge in [0.25, 0.3) is 0 Å². The van der Waals surface area contributed by atoms with Crippen LogP contribution in [0.3, 0.4) is 0 Å². The second kappa shape index (κ2) is 8.06. The molecule has 17 heavy (non-hydrogen) atoms. The predicted octanol–water partition coefficient (Wildman–Crippen LogP) is 1.79. The highest BCUT2D eigenvalue weighted by atomic mass is 15.3. The van der Waals surface area contributed by atoms with Gasteiger partial charge in [-0.15, -0.1) is 0 Å². The maximum Gasteiger partial charge on any atom is 0.0195 e. The van der Waals surface area contributed by atoms with Crippen LogP contribution in [0.1, 0.15) is 40.5 Å². The van der Waals surface area contributed by atoms with Crippen LogP contribution in [0.4, 0.5) is 0 Å². The van der Waals surface area contributed by atoms with E-state index in [0.29, 0.717) is 6.04 Å². The van der Waals surface area contributed by atoms with Crippen molar-refractivity contribution < 1.29 is 0 Å². The van der Waals surface area contributed by atoms with Crippen molar-refractivity contribution in [2.45, 2.75) is 52.6 Å². The predicted molar refractivity (Wildman–Crippen MR) is 75.5 cm³/mol. The van der Waals surface area contributed by atoms with Crippen molar-refractivity contribution in [3.63, 3.8) is 0 Å². The molecule has 0 aliphatic carbocycles. The molecule has 1 saturated heterocycles. The van der Waals surface area contributed by atoms with E-state index in [-0.39, 0.29) is 0 Å². The van der Waals surface area contributed by atoms with Gasteiger partial charge in [-0.3, -0.25) is 4.90 Å². The van der Waals surface area contributed by atoms with Crippen LogP contribution in [0.5, 0.6) is 0 Å². The molecule has 0 saturated carbocycles. The van der Waals surface area contributed by atoms with Crippen LogP contribution in [-0.4, -0.2) is 61.2 Å². The topological polar surface area (TPSA) is 18.5 Å². The van der Waals surface area contributed by atoms with Crippen LogP contribution >= 0.6 is 0 Å². The Kier molecular flexibility index (Phi) is 7.09. The zero-order valence-electron chi connectivity index (χ0n) is 12.2. The Bertz CT molecular complexity index is 196. The van der Waals surface area contributed by atoms with Crippen LogP contribution in [0, 0.1) is 0 Å². The molecule has 2 atom stereocenters. The van der Waals surface area contributed by atoms with Gasteiger partial charge in [-0.1, -0.05) is 13.8 Å². The van der Waals surface area contributed by atoms with Gasteiger partial charge in [-0.05, 0) is 46.3 Å². The van der Waals surface area contributed by atoms with Crippen LogP contribution in [0.15, 0.2) is 0 Å². The van der Waals surface area contributed by atoms with Gasteiger partial charge in [0, 0.05) is 31.7 Å². The Morgan fingerprint density at radius 3 is 2.65 bits per heavy atom. The molecule has 1 aliphatic heterocycles. The minimum atomic E-state index is 0.675. The lowest BCUT2D eigenvalue weighted by Gasteiger charge is -2.39. The van der Waals surface area contributed by atoms with Crippen LogP contribution in [-0.2, 0) is 0 Å². The third kappa shape index (κ3) is 5.36. The summed E-state index contributed by atoms with van der Waals surface area (Å²) in [6.45, 7) is 16.4. The highest BCUT2D eigenvalue weighted by molar-refractivity contribution is 4.78. The molecule has 1 fully saturated rings. The fourth-order valence-electron chi connectivity index (χ4n) is 2.82. The van der Waals surface area contributed by atoms with Gasteiger partial charge >= 0.3 is 0 Å². The lowest BCUT2D eigenvalue weighted by molar-refractivity contribution is 0.0865. The minimum absolute atomic E-state index is 0.675. The number of nitrogens with one attached hydrogen (secondary N) is 1. The second-order valence-corrected chi connectivity index (χ2v) is 5.38. The monoisotopic (exact) mass is 241 g/mol. The Morgan fingerprint density at radius 2 is 2.06 bits per heavy atom. The summed E-state index contributed by atoms with van der Waals surface area (Å²) in [6.07, 6.45) is 2.63. The Morgan fingerprint density at radius 1 is 1.29 bits per heavy atom. The van der Waals surface area contributed by atoms with Crippen molar-refractivity contribution in [3.8, 4) is 0 Å². The number of piperazine rings is 1.